The van der Waals surface area contributed by atoms with Gasteiger partial charge in [0.25, 0.3) is 0 Å². The lowest BCUT2D eigenvalue weighted by molar-refractivity contribution is -0.139. The van der Waals surface area contributed by atoms with Gasteiger partial charge in [-0.2, -0.15) is 0 Å². The van der Waals surface area contributed by atoms with E-state index in [-0.39, 0.29) is 37.8 Å². The Morgan fingerprint density at radius 2 is 2.07 bits per heavy atom. The number of ether oxygens (including phenoxy) is 2. The van der Waals surface area contributed by atoms with Crippen LogP contribution in [0.25, 0.3) is 0 Å². The third-order valence-corrected chi connectivity index (χ3v) is 5.76. The average molecular weight is 532 g/mol. The van der Waals surface area contributed by atoms with Crippen molar-refractivity contribution >= 4 is 34.4 Å². The SMILES string of the molecule is CCC(=O)N(CCOC)[C@@H]1CC(C(=O)NCCO)=C[C@H](Oc2ccccc2I)[C@H]1O. The number of amides is 2. The molecule has 1 aromatic carbocycles. The fraction of sp³-hybridized carbons (Fsp3) is 0.524. The molecule has 2 rings (SSSR count). The molecule has 3 N–H and O–H groups in total. The van der Waals surface area contributed by atoms with E-state index in [0.717, 1.165) is 3.57 Å². The van der Waals surface area contributed by atoms with Crippen LogP contribution in [0.1, 0.15) is 19.8 Å². The molecule has 30 heavy (non-hydrogen) atoms. The van der Waals surface area contributed by atoms with Crippen LogP contribution in [0, 0.1) is 3.57 Å². The van der Waals surface area contributed by atoms with E-state index >= 15 is 0 Å². The van der Waals surface area contributed by atoms with Crippen molar-refractivity contribution in [2.45, 2.75) is 38.0 Å². The number of benzene rings is 1. The van der Waals surface area contributed by atoms with Gasteiger partial charge in [0.05, 0.1) is 22.8 Å². The van der Waals surface area contributed by atoms with Crippen LogP contribution in [0.2, 0.25) is 0 Å². The van der Waals surface area contributed by atoms with Gasteiger partial charge in [-0.05, 0) is 40.8 Å². The van der Waals surface area contributed by atoms with Crippen molar-refractivity contribution in [3.8, 4) is 5.75 Å². The molecule has 0 saturated heterocycles. The number of carbonyl (C=O) groups is 2. The summed E-state index contributed by atoms with van der Waals surface area (Å²) in [4.78, 5) is 26.7. The van der Waals surface area contributed by atoms with Gasteiger partial charge < -0.3 is 29.9 Å². The van der Waals surface area contributed by atoms with Crippen LogP contribution in [0.5, 0.6) is 5.75 Å². The first-order chi connectivity index (χ1) is 14.4. The topological polar surface area (TPSA) is 108 Å². The third kappa shape index (κ3) is 6.40. The summed E-state index contributed by atoms with van der Waals surface area (Å²) < 4.78 is 12.0. The molecule has 1 aliphatic carbocycles. The maximum atomic E-state index is 12.6. The smallest absolute Gasteiger partial charge is 0.247 e. The highest BCUT2D eigenvalue weighted by Gasteiger charge is 2.40. The molecule has 0 aromatic heterocycles. The number of nitrogens with zero attached hydrogens (tertiary/aromatic N) is 1. The van der Waals surface area contributed by atoms with Crippen molar-refractivity contribution in [1.82, 2.24) is 10.2 Å². The standard InChI is InChI=1S/C21H29IN2O6/c1-3-19(26)24(9-11-29-2)16-12-14(21(28)23-8-10-25)13-18(20(16)27)30-17-7-5-4-6-15(17)22/h4-7,13,16,18,20,25,27H,3,8-12H2,1-2H3,(H,23,28)/t16-,18+,20+/m1/s1. The minimum absolute atomic E-state index is 0.118. The number of para-hydroxylation sites is 1. The van der Waals surface area contributed by atoms with Crippen molar-refractivity contribution < 1.29 is 29.3 Å². The highest BCUT2D eigenvalue weighted by molar-refractivity contribution is 14.1. The summed E-state index contributed by atoms with van der Waals surface area (Å²) in [5.41, 5.74) is 0.404. The molecule has 8 nitrogen and oxygen atoms in total. The van der Waals surface area contributed by atoms with Gasteiger partial charge >= 0.3 is 0 Å². The summed E-state index contributed by atoms with van der Waals surface area (Å²) in [5.74, 6) is 0.0912. The maximum Gasteiger partial charge on any atom is 0.247 e. The van der Waals surface area contributed by atoms with Crippen LogP contribution in [-0.2, 0) is 14.3 Å². The van der Waals surface area contributed by atoms with Gasteiger partial charge in [0, 0.05) is 38.6 Å². The summed E-state index contributed by atoms with van der Waals surface area (Å²) in [6, 6.07) is 6.74. The number of nitrogens with one attached hydrogen (secondary N) is 1. The number of aliphatic hydroxyl groups is 2. The molecule has 0 saturated carbocycles. The Bertz CT molecular complexity index is 757. The Labute approximate surface area is 190 Å². The summed E-state index contributed by atoms with van der Waals surface area (Å²) in [7, 11) is 1.54. The molecule has 9 heteroatoms. The van der Waals surface area contributed by atoms with E-state index < -0.39 is 18.2 Å². The molecular weight excluding hydrogens is 503 g/mol. The third-order valence-electron chi connectivity index (χ3n) is 4.87. The van der Waals surface area contributed by atoms with Gasteiger partial charge in [-0.15, -0.1) is 0 Å². The first-order valence-electron chi connectivity index (χ1n) is 9.90. The Morgan fingerprint density at radius 1 is 1.33 bits per heavy atom. The van der Waals surface area contributed by atoms with Crippen LogP contribution in [-0.4, -0.2) is 78.6 Å². The van der Waals surface area contributed by atoms with E-state index in [4.69, 9.17) is 14.6 Å². The quantitative estimate of drug-likeness (QED) is 0.390. The lowest BCUT2D eigenvalue weighted by atomic mass is 9.88. The van der Waals surface area contributed by atoms with Gasteiger partial charge in [-0.25, -0.2) is 0 Å². The zero-order valence-electron chi connectivity index (χ0n) is 17.2. The zero-order valence-corrected chi connectivity index (χ0v) is 19.4. The Kier molecular flexibility index (Phi) is 10.0. The van der Waals surface area contributed by atoms with E-state index in [9.17, 15) is 14.7 Å². The lowest BCUT2D eigenvalue weighted by Gasteiger charge is -2.40. The average Bonchev–Trinajstić information content (AvgIpc) is 2.75. The number of hydrogen-bond donors (Lipinski definition) is 3. The summed E-state index contributed by atoms with van der Waals surface area (Å²) in [6.45, 7) is 2.30. The molecule has 0 fully saturated rings. The van der Waals surface area contributed by atoms with Crippen LogP contribution < -0.4 is 10.1 Å². The van der Waals surface area contributed by atoms with E-state index in [0.29, 0.717) is 24.5 Å². The molecule has 1 aromatic rings. The molecule has 2 amide bonds. The van der Waals surface area contributed by atoms with Crippen molar-refractivity contribution in [2.75, 3.05) is 33.4 Å². The van der Waals surface area contributed by atoms with Gasteiger partial charge in [0.15, 0.2) is 0 Å². The minimum Gasteiger partial charge on any atom is -0.482 e. The first kappa shape index (κ1) is 24.6. The molecule has 0 bridgehead atoms. The highest BCUT2D eigenvalue weighted by atomic mass is 127. The van der Waals surface area contributed by atoms with Gasteiger partial charge in [0.1, 0.15) is 18.0 Å². The van der Waals surface area contributed by atoms with Crippen LogP contribution in [0.15, 0.2) is 35.9 Å². The number of carbonyl (C=O) groups excluding carboxylic acids is 2. The van der Waals surface area contributed by atoms with Crippen molar-refractivity contribution in [1.29, 1.82) is 0 Å². The summed E-state index contributed by atoms with van der Waals surface area (Å²) in [5, 5.41) is 22.7. The molecule has 3 atom stereocenters. The second-order valence-electron chi connectivity index (χ2n) is 6.88. The number of rotatable bonds is 10. The largest absolute Gasteiger partial charge is 0.482 e. The number of methoxy groups -OCH3 is 1. The molecule has 1 aliphatic rings. The predicted octanol–water partition coefficient (Wildman–Crippen LogP) is 1.09. The second-order valence-corrected chi connectivity index (χ2v) is 8.04. The molecule has 0 radical (unpaired) electrons. The maximum absolute atomic E-state index is 12.6. The van der Waals surface area contributed by atoms with Crippen molar-refractivity contribution in [3.05, 3.63) is 39.5 Å². The first-order valence-corrected chi connectivity index (χ1v) is 11.0. The minimum atomic E-state index is -1.03. The number of hydrogen-bond acceptors (Lipinski definition) is 6. The molecule has 0 heterocycles. The van der Waals surface area contributed by atoms with Crippen LogP contribution in [0.3, 0.4) is 0 Å². The van der Waals surface area contributed by atoms with E-state index in [1.165, 1.54) is 0 Å². The summed E-state index contributed by atoms with van der Waals surface area (Å²) in [6.07, 6.45) is 0.207. The second kappa shape index (κ2) is 12.2. The van der Waals surface area contributed by atoms with Gasteiger partial charge in [0.2, 0.25) is 11.8 Å². The van der Waals surface area contributed by atoms with Crippen molar-refractivity contribution in [3.63, 3.8) is 0 Å². The Balaban J connectivity index is 2.36. The van der Waals surface area contributed by atoms with Crippen molar-refractivity contribution in [2.24, 2.45) is 0 Å². The number of aliphatic hydroxyl groups excluding tert-OH is 2. The monoisotopic (exact) mass is 532 g/mol. The zero-order chi connectivity index (χ0) is 22.1. The molecule has 166 valence electrons. The van der Waals surface area contributed by atoms with E-state index in [2.05, 4.69) is 27.9 Å². The fourth-order valence-electron chi connectivity index (χ4n) is 3.33. The van der Waals surface area contributed by atoms with Gasteiger partial charge in [-0.3, -0.25) is 9.59 Å². The Hall–Kier alpha value is -1.69. The fourth-order valence-corrected chi connectivity index (χ4v) is 3.85. The van der Waals surface area contributed by atoms with Crippen LogP contribution >= 0.6 is 22.6 Å². The predicted molar refractivity (Wildman–Crippen MR) is 120 cm³/mol. The summed E-state index contributed by atoms with van der Waals surface area (Å²) >= 11 is 2.14. The molecular formula is C21H29IN2O6. The Morgan fingerprint density at radius 3 is 2.70 bits per heavy atom. The molecule has 0 unspecified atom stereocenters. The normalized spacial score (nSPS) is 21.0. The number of halogens is 1. The van der Waals surface area contributed by atoms with Crippen LogP contribution in [0.4, 0.5) is 0 Å². The van der Waals surface area contributed by atoms with Gasteiger partial charge in [-0.1, -0.05) is 19.1 Å². The highest BCUT2D eigenvalue weighted by Crippen LogP contribution is 2.29. The van der Waals surface area contributed by atoms with E-state index in [1.807, 2.05) is 18.2 Å². The van der Waals surface area contributed by atoms with E-state index in [1.54, 1.807) is 31.1 Å². The lowest BCUT2D eigenvalue weighted by Crippen LogP contribution is -2.55. The molecule has 0 aliphatic heterocycles. The molecule has 0 spiro atoms.